The molecule has 0 atom stereocenters. The Bertz CT molecular complexity index is 1120. The number of benzene rings is 2. The molecule has 2 saturated heterocycles. The number of amides is 2. The highest BCUT2D eigenvalue weighted by Crippen LogP contribution is 2.24. The van der Waals surface area contributed by atoms with Gasteiger partial charge in [0.05, 0.1) is 5.51 Å². The van der Waals surface area contributed by atoms with Crippen molar-refractivity contribution in [3.05, 3.63) is 76.5 Å². The minimum Gasteiger partial charge on any atom is -0.335 e. The summed E-state index contributed by atoms with van der Waals surface area (Å²) in [5.41, 5.74) is 4.39. The molecule has 32 heavy (non-hydrogen) atoms. The smallest absolute Gasteiger partial charge is 0.273 e. The SMILES string of the molecule is O=C(c1cccc(-c2cccc(F)c2)c1)N1CC(N2CCN(C(=O)c3cscn3)CC2)C1. The van der Waals surface area contributed by atoms with Gasteiger partial charge in [-0.1, -0.05) is 24.3 Å². The Hall–Kier alpha value is -3.10. The zero-order chi connectivity index (χ0) is 22.1. The van der Waals surface area contributed by atoms with E-state index in [1.165, 1.54) is 23.5 Å². The van der Waals surface area contributed by atoms with E-state index < -0.39 is 0 Å². The molecule has 2 aromatic carbocycles. The number of piperazine rings is 1. The van der Waals surface area contributed by atoms with Crippen molar-refractivity contribution in [2.75, 3.05) is 39.3 Å². The summed E-state index contributed by atoms with van der Waals surface area (Å²) in [6.07, 6.45) is 0. The molecule has 0 bridgehead atoms. The number of nitrogens with zero attached hydrogens (tertiary/aromatic N) is 4. The molecule has 164 valence electrons. The Morgan fingerprint density at radius 3 is 2.31 bits per heavy atom. The maximum atomic E-state index is 13.6. The molecular formula is C24H23FN4O2S. The van der Waals surface area contributed by atoms with Crippen molar-refractivity contribution in [1.29, 1.82) is 0 Å². The van der Waals surface area contributed by atoms with Gasteiger partial charge in [0.15, 0.2) is 0 Å². The fraction of sp³-hybridized carbons (Fsp3) is 0.292. The number of aromatic nitrogens is 1. The van der Waals surface area contributed by atoms with Gasteiger partial charge in [0.1, 0.15) is 11.5 Å². The molecule has 3 aromatic rings. The normalized spacial score (nSPS) is 17.3. The second-order valence-electron chi connectivity index (χ2n) is 8.16. The van der Waals surface area contributed by atoms with Gasteiger partial charge in [-0.05, 0) is 35.4 Å². The third-order valence-corrected chi connectivity index (χ3v) is 6.77. The van der Waals surface area contributed by atoms with E-state index in [1.54, 1.807) is 23.0 Å². The molecule has 2 amide bonds. The molecule has 2 aliphatic heterocycles. The van der Waals surface area contributed by atoms with Crippen molar-refractivity contribution in [1.82, 2.24) is 19.7 Å². The summed E-state index contributed by atoms with van der Waals surface area (Å²) in [6, 6.07) is 14.1. The summed E-state index contributed by atoms with van der Waals surface area (Å²) in [7, 11) is 0. The van der Waals surface area contributed by atoms with E-state index in [9.17, 15) is 14.0 Å². The lowest BCUT2D eigenvalue weighted by molar-refractivity contribution is 0.00844. The van der Waals surface area contributed by atoms with Crippen LogP contribution in [0.5, 0.6) is 0 Å². The Balaban J connectivity index is 1.16. The van der Waals surface area contributed by atoms with Gasteiger partial charge in [0.25, 0.3) is 11.8 Å². The van der Waals surface area contributed by atoms with Gasteiger partial charge >= 0.3 is 0 Å². The van der Waals surface area contributed by atoms with E-state index in [2.05, 4.69) is 9.88 Å². The number of hydrogen-bond donors (Lipinski definition) is 0. The lowest BCUT2D eigenvalue weighted by Gasteiger charge is -2.48. The minimum atomic E-state index is -0.293. The van der Waals surface area contributed by atoms with Crippen LogP contribution in [0.25, 0.3) is 11.1 Å². The number of halogens is 1. The van der Waals surface area contributed by atoms with Crippen LogP contribution in [0.1, 0.15) is 20.8 Å². The number of thiazole rings is 1. The van der Waals surface area contributed by atoms with Crippen LogP contribution >= 0.6 is 11.3 Å². The predicted octanol–water partition coefficient (Wildman–Crippen LogP) is 3.23. The predicted molar refractivity (Wildman–Crippen MR) is 121 cm³/mol. The molecule has 0 spiro atoms. The van der Waals surface area contributed by atoms with E-state index in [0.29, 0.717) is 43.5 Å². The first kappa shape index (κ1) is 20.8. The first-order chi connectivity index (χ1) is 15.6. The number of rotatable bonds is 4. The molecule has 0 unspecified atom stereocenters. The molecular weight excluding hydrogens is 427 g/mol. The van der Waals surface area contributed by atoms with E-state index in [1.807, 2.05) is 34.1 Å². The van der Waals surface area contributed by atoms with Crippen molar-refractivity contribution in [3.63, 3.8) is 0 Å². The maximum Gasteiger partial charge on any atom is 0.273 e. The maximum absolute atomic E-state index is 13.6. The molecule has 8 heteroatoms. The zero-order valence-corrected chi connectivity index (χ0v) is 18.3. The molecule has 0 saturated carbocycles. The van der Waals surface area contributed by atoms with Gasteiger partial charge in [0.2, 0.25) is 0 Å². The monoisotopic (exact) mass is 450 g/mol. The number of carbonyl (C=O) groups is 2. The number of hydrogen-bond acceptors (Lipinski definition) is 5. The van der Waals surface area contributed by atoms with Crippen LogP contribution in [0.4, 0.5) is 4.39 Å². The van der Waals surface area contributed by atoms with Crippen LogP contribution in [0.15, 0.2) is 59.4 Å². The summed E-state index contributed by atoms with van der Waals surface area (Å²) in [5, 5.41) is 1.79. The molecule has 2 fully saturated rings. The highest BCUT2D eigenvalue weighted by molar-refractivity contribution is 7.07. The summed E-state index contributed by atoms with van der Waals surface area (Å²) < 4.78 is 13.6. The fourth-order valence-corrected chi connectivity index (χ4v) is 4.83. The van der Waals surface area contributed by atoms with Crippen molar-refractivity contribution < 1.29 is 14.0 Å². The summed E-state index contributed by atoms with van der Waals surface area (Å²) >= 11 is 1.43. The van der Waals surface area contributed by atoms with Crippen LogP contribution in [-0.4, -0.2) is 76.8 Å². The molecule has 0 aliphatic carbocycles. The van der Waals surface area contributed by atoms with Crippen LogP contribution in [0.2, 0.25) is 0 Å². The van der Waals surface area contributed by atoms with Crippen LogP contribution in [0.3, 0.4) is 0 Å². The Morgan fingerprint density at radius 1 is 0.906 bits per heavy atom. The van der Waals surface area contributed by atoms with E-state index in [4.69, 9.17) is 0 Å². The molecule has 2 aliphatic rings. The quantitative estimate of drug-likeness (QED) is 0.613. The zero-order valence-electron chi connectivity index (χ0n) is 17.5. The highest BCUT2D eigenvalue weighted by Gasteiger charge is 2.37. The first-order valence-electron chi connectivity index (χ1n) is 10.7. The third kappa shape index (κ3) is 4.16. The van der Waals surface area contributed by atoms with Crippen molar-refractivity contribution in [2.45, 2.75) is 6.04 Å². The average molecular weight is 451 g/mol. The molecule has 1 aromatic heterocycles. The summed E-state index contributed by atoms with van der Waals surface area (Å²) in [5.74, 6) is -0.301. The number of likely N-dealkylation sites (tertiary alicyclic amines) is 1. The Kier molecular flexibility index (Phi) is 5.71. The first-order valence-corrected chi connectivity index (χ1v) is 11.6. The van der Waals surface area contributed by atoms with Gasteiger partial charge in [0, 0.05) is 56.3 Å². The lowest BCUT2D eigenvalue weighted by atomic mass is 10.00. The van der Waals surface area contributed by atoms with Gasteiger partial charge in [-0.15, -0.1) is 11.3 Å². The third-order valence-electron chi connectivity index (χ3n) is 6.19. The largest absolute Gasteiger partial charge is 0.335 e. The average Bonchev–Trinajstić information content (AvgIpc) is 3.33. The van der Waals surface area contributed by atoms with Crippen molar-refractivity contribution in [2.24, 2.45) is 0 Å². The van der Waals surface area contributed by atoms with Crippen LogP contribution < -0.4 is 0 Å². The van der Waals surface area contributed by atoms with Gasteiger partial charge in [-0.3, -0.25) is 14.5 Å². The highest BCUT2D eigenvalue weighted by atomic mass is 32.1. The summed E-state index contributed by atoms with van der Waals surface area (Å²) in [6.45, 7) is 4.33. The van der Waals surface area contributed by atoms with Crippen LogP contribution in [0, 0.1) is 5.82 Å². The topological polar surface area (TPSA) is 56.8 Å². The van der Waals surface area contributed by atoms with Gasteiger partial charge in [-0.25, -0.2) is 9.37 Å². The van der Waals surface area contributed by atoms with Gasteiger partial charge < -0.3 is 9.80 Å². The minimum absolute atomic E-state index is 0.00292. The van der Waals surface area contributed by atoms with E-state index >= 15 is 0 Å². The number of carbonyl (C=O) groups excluding carboxylic acids is 2. The van der Waals surface area contributed by atoms with Crippen molar-refractivity contribution in [3.8, 4) is 11.1 Å². The molecule has 3 heterocycles. The standard InChI is InChI=1S/C24H23FN4O2S/c25-20-6-2-4-18(12-20)17-3-1-5-19(11-17)23(30)29-13-21(14-29)27-7-9-28(10-8-27)24(31)22-15-32-16-26-22/h1-6,11-12,15-16,21H,7-10,13-14H2. The van der Waals surface area contributed by atoms with Crippen LogP contribution in [-0.2, 0) is 0 Å². The molecule has 6 nitrogen and oxygen atoms in total. The van der Waals surface area contributed by atoms with Gasteiger partial charge in [-0.2, -0.15) is 0 Å². The molecule has 5 rings (SSSR count). The lowest BCUT2D eigenvalue weighted by Crippen LogP contribution is -2.64. The molecule has 0 N–H and O–H groups in total. The second-order valence-corrected chi connectivity index (χ2v) is 8.88. The van der Waals surface area contributed by atoms with Crippen molar-refractivity contribution >= 4 is 23.2 Å². The van der Waals surface area contributed by atoms with E-state index in [0.717, 1.165) is 24.2 Å². The second kappa shape index (κ2) is 8.80. The fourth-order valence-electron chi connectivity index (χ4n) is 4.30. The Labute approximate surface area is 189 Å². The van der Waals surface area contributed by atoms with E-state index in [-0.39, 0.29) is 17.6 Å². The molecule has 0 radical (unpaired) electrons. The Morgan fingerprint density at radius 2 is 1.62 bits per heavy atom. The summed E-state index contributed by atoms with van der Waals surface area (Å²) in [4.78, 5) is 35.6.